The third-order valence-corrected chi connectivity index (χ3v) is 10.5. The van der Waals surface area contributed by atoms with Gasteiger partial charge in [0.1, 0.15) is 16.7 Å². The van der Waals surface area contributed by atoms with Crippen LogP contribution in [0.4, 0.5) is 0 Å². The molecule has 5 atom stereocenters. The normalized spacial score (nSPS) is 26.7. The Bertz CT molecular complexity index is 1510. The molecule has 5 N–H and O–H groups in total. The van der Waals surface area contributed by atoms with E-state index in [1.165, 1.54) is 19.9 Å². The van der Waals surface area contributed by atoms with E-state index in [-0.39, 0.29) is 30.2 Å². The summed E-state index contributed by atoms with van der Waals surface area (Å²) in [7, 11) is 0. The van der Waals surface area contributed by atoms with Crippen molar-refractivity contribution >= 4 is 23.1 Å². The number of allylic oxidation sites excluding steroid dienone is 6. The number of phenolic OH excluding ortho intramolecular Hbond substituents is 2. The van der Waals surface area contributed by atoms with Gasteiger partial charge in [-0.15, -0.1) is 0 Å². The van der Waals surface area contributed by atoms with Crippen molar-refractivity contribution in [1.82, 2.24) is 0 Å². The lowest BCUT2D eigenvalue weighted by Gasteiger charge is -2.61. The maximum Gasteiger partial charge on any atom is 0.184 e. The Morgan fingerprint density at radius 1 is 0.978 bits per heavy atom. The van der Waals surface area contributed by atoms with Crippen LogP contribution in [0.3, 0.4) is 0 Å². The molecule has 8 heteroatoms. The third-order valence-electron chi connectivity index (χ3n) is 10.5. The van der Waals surface area contributed by atoms with Gasteiger partial charge >= 0.3 is 0 Å². The molecule has 2 saturated carbocycles. The van der Waals surface area contributed by atoms with Crippen LogP contribution < -0.4 is 0 Å². The summed E-state index contributed by atoms with van der Waals surface area (Å²) in [6, 6.07) is 3.44. The molecule has 2 aliphatic carbocycles. The number of aliphatic hydroxyl groups excluding tert-OH is 2. The third kappa shape index (κ3) is 6.39. The largest absolute Gasteiger partial charge is 0.506 e. The van der Waals surface area contributed by atoms with E-state index in [0.717, 1.165) is 28.9 Å². The summed E-state index contributed by atoms with van der Waals surface area (Å²) < 4.78 is 0. The number of carbonyl (C=O) groups excluding carboxylic acids is 3. The average molecular weight is 637 g/mol. The van der Waals surface area contributed by atoms with Gasteiger partial charge < -0.3 is 25.5 Å². The van der Waals surface area contributed by atoms with Crippen molar-refractivity contribution in [2.75, 3.05) is 0 Å². The molecule has 8 nitrogen and oxygen atoms in total. The molecule has 2 bridgehead atoms. The summed E-state index contributed by atoms with van der Waals surface area (Å²) in [5.41, 5.74) is -4.41. The zero-order valence-electron chi connectivity index (χ0n) is 28.8. The minimum absolute atomic E-state index is 0.0381. The first-order valence-electron chi connectivity index (χ1n) is 16.0. The molecule has 0 radical (unpaired) electrons. The zero-order chi connectivity index (χ0) is 35.2. The number of benzene rings is 1. The predicted octanol–water partition coefficient (Wildman–Crippen LogP) is 6.92. The fourth-order valence-electron chi connectivity index (χ4n) is 7.27. The Morgan fingerprint density at radius 3 is 2.07 bits per heavy atom. The van der Waals surface area contributed by atoms with Gasteiger partial charge in [-0.3, -0.25) is 14.4 Å². The number of rotatable bonds is 11. The molecule has 0 aliphatic heterocycles. The van der Waals surface area contributed by atoms with E-state index in [2.05, 4.69) is 6.58 Å². The van der Waals surface area contributed by atoms with E-state index in [4.69, 9.17) is 0 Å². The Labute approximate surface area is 273 Å². The lowest BCUT2D eigenvalue weighted by molar-refractivity contribution is -0.185. The zero-order valence-corrected chi connectivity index (χ0v) is 28.8. The van der Waals surface area contributed by atoms with Gasteiger partial charge in [-0.2, -0.15) is 0 Å². The molecule has 1 aromatic rings. The molecule has 0 aromatic heterocycles. The van der Waals surface area contributed by atoms with E-state index in [1.54, 1.807) is 13.8 Å². The number of aliphatic hydroxyl groups is 3. The number of ketones is 3. The van der Waals surface area contributed by atoms with Gasteiger partial charge in [0.05, 0.1) is 17.1 Å². The van der Waals surface area contributed by atoms with Gasteiger partial charge in [-0.1, -0.05) is 49.3 Å². The van der Waals surface area contributed by atoms with E-state index < -0.39 is 74.6 Å². The van der Waals surface area contributed by atoms with Gasteiger partial charge in [0.25, 0.3) is 0 Å². The van der Waals surface area contributed by atoms with Gasteiger partial charge in [0, 0.05) is 5.56 Å². The van der Waals surface area contributed by atoms with Crippen molar-refractivity contribution < 1.29 is 39.9 Å². The second-order valence-electron chi connectivity index (χ2n) is 15.2. The monoisotopic (exact) mass is 636 g/mol. The molecule has 2 aliphatic rings. The van der Waals surface area contributed by atoms with Crippen molar-refractivity contribution in [1.29, 1.82) is 0 Å². The molecule has 1 aromatic carbocycles. The molecule has 252 valence electrons. The number of hydrogen-bond acceptors (Lipinski definition) is 8. The highest BCUT2D eigenvalue weighted by Gasteiger charge is 2.74. The number of aromatic hydroxyl groups is 2. The molecule has 46 heavy (non-hydrogen) atoms. The molecule has 3 rings (SSSR count). The van der Waals surface area contributed by atoms with E-state index in [9.17, 15) is 35.1 Å². The number of hydrogen-bond donors (Lipinski definition) is 5. The van der Waals surface area contributed by atoms with Crippen LogP contribution in [0, 0.1) is 28.1 Å². The molecule has 0 heterocycles. The Balaban J connectivity index is 2.50. The quantitative estimate of drug-likeness (QED) is 0.0438. The first-order valence-corrected chi connectivity index (χ1v) is 16.0. The van der Waals surface area contributed by atoms with Crippen molar-refractivity contribution in [3.63, 3.8) is 0 Å². The minimum atomic E-state index is -2.00. The van der Waals surface area contributed by atoms with Crippen LogP contribution in [0.5, 0.6) is 11.5 Å². The minimum Gasteiger partial charge on any atom is -0.506 e. The summed E-state index contributed by atoms with van der Waals surface area (Å²) in [6.45, 7) is 20.2. The van der Waals surface area contributed by atoms with Crippen LogP contribution in [0.2, 0.25) is 0 Å². The Hall–Kier alpha value is -3.49. The molecular weight excluding hydrogens is 584 g/mol. The number of phenols is 2. The fraction of sp³-hybridized carbons (Fsp3) is 0.553. The Morgan fingerprint density at radius 2 is 1.57 bits per heavy atom. The Kier molecular flexibility index (Phi) is 10.4. The summed E-state index contributed by atoms with van der Waals surface area (Å²) in [5, 5.41) is 54.0. The van der Waals surface area contributed by atoms with E-state index >= 15 is 4.79 Å². The van der Waals surface area contributed by atoms with Gasteiger partial charge in [0.2, 0.25) is 0 Å². The average Bonchev–Trinajstić information content (AvgIpc) is 2.93. The smallest absolute Gasteiger partial charge is 0.184 e. The van der Waals surface area contributed by atoms with Crippen LogP contribution in [0.1, 0.15) is 100.0 Å². The van der Waals surface area contributed by atoms with Crippen molar-refractivity contribution in [2.24, 2.45) is 28.1 Å². The highest BCUT2D eigenvalue weighted by molar-refractivity contribution is 6.41. The van der Waals surface area contributed by atoms with Crippen LogP contribution in [0.25, 0.3) is 5.76 Å². The van der Waals surface area contributed by atoms with Crippen molar-refractivity contribution in [2.45, 2.75) is 106 Å². The van der Waals surface area contributed by atoms with Gasteiger partial charge in [-0.05, 0) is 116 Å². The standard InChI is InChI=1S/C38H52O8/c1-21(2)11-13-25(23(5)6)18-37-19-26(15-12-22(3)4)35(7,8)38(34(37)45,20-29(41)36(9,10)46)33(44)30(32(37)43)31(42)24-14-16-27(39)28(40)17-24/h11-12,14,16-17,25-26,29,39-42,46H,5,13,15,18-20H2,1-4,6-10H3/t25-,26-,29?,37-,38+/m1/s1. The SMILES string of the molecule is C=C(C)[C@H](CC=C(C)C)C[C@@]12C[C@@H](CC=C(C)C)C(C)(C)[C@@](CC(O)C(C)(C)O)(C(=O)C(=C(O)c3ccc(O)c(O)c3)C1=O)C2=O. The summed E-state index contributed by atoms with van der Waals surface area (Å²) in [6.07, 6.45) is 3.15. The van der Waals surface area contributed by atoms with E-state index in [0.29, 0.717) is 12.8 Å². The molecule has 0 saturated heterocycles. The lowest BCUT2D eigenvalue weighted by atomic mass is 9.38. The molecule has 1 unspecified atom stereocenters. The van der Waals surface area contributed by atoms with Crippen molar-refractivity contribution in [3.8, 4) is 11.5 Å². The van der Waals surface area contributed by atoms with Crippen molar-refractivity contribution in [3.05, 3.63) is 64.8 Å². The summed E-state index contributed by atoms with van der Waals surface area (Å²) in [5.74, 6) is -4.76. The maximum absolute atomic E-state index is 15.3. The van der Waals surface area contributed by atoms with Gasteiger partial charge in [0.15, 0.2) is 28.8 Å². The highest BCUT2D eigenvalue weighted by Crippen LogP contribution is 2.66. The summed E-state index contributed by atoms with van der Waals surface area (Å²) in [4.78, 5) is 45.2. The van der Waals surface area contributed by atoms with Crippen LogP contribution in [-0.2, 0) is 14.4 Å². The van der Waals surface area contributed by atoms with Crippen LogP contribution >= 0.6 is 0 Å². The second-order valence-corrected chi connectivity index (χ2v) is 15.2. The highest BCUT2D eigenvalue weighted by atomic mass is 16.3. The number of carbonyl (C=O) groups is 3. The lowest BCUT2D eigenvalue weighted by Crippen LogP contribution is -2.71. The maximum atomic E-state index is 15.3. The first-order chi connectivity index (χ1) is 21.0. The fourth-order valence-corrected chi connectivity index (χ4v) is 7.27. The van der Waals surface area contributed by atoms with Crippen LogP contribution in [-0.4, -0.2) is 54.6 Å². The molecular formula is C38H52O8. The molecule has 0 spiro atoms. The van der Waals surface area contributed by atoms with Crippen LogP contribution in [0.15, 0.2) is 59.2 Å². The molecule has 2 fully saturated rings. The first kappa shape index (κ1) is 37.0. The van der Waals surface area contributed by atoms with Gasteiger partial charge in [-0.25, -0.2) is 0 Å². The van der Waals surface area contributed by atoms with E-state index in [1.807, 2.05) is 46.8 Å². The number of fused-ring (bicyclic) bond motifs is 2. The topological polar surface area (TPSA) is 152 Å². The summed E-state index contributed by atoms with van der Waals surface area (Å²) >= 11 is 0. The predicted molar refractivity (Wildman–Crippen MR) is 179 cm³/mol. The number of Topliss-reactive ketones (excluding diaryl/α,β-unsaturated/α-hetero) is 3. The second kappa shape index (κ2) is 13.0. The molecule has 0 amide bonds.